The number of benzene rings is 1. The van der Waals surface area contributed by atoms with Gasteiger partial charge < -0.3 is 14.6 Å². The van der Waals surface area contributed by atoms with Crippen LogP contribution in [0, 0.1) is 5.82 Å². The van der Waals surface area contributed by atoms with E-state index >= 15 is 0 Å². The number of halogens is 7. The number of aromatic nitrogens is 2. The highest BCUT2D eigenvalue weighted by Crippen LogP contribution is 2.31. The van der Waals surface area contributed by atoms with Crippen LogP contribution in [0.3, 0.4) is 0 Å². The Hall–Kier alpha value is -3.42. The number of carboxylic acids is 1. The molecule has 0 saturated carbocycles. The Morgan fingerprint density at radius 3 is 2.38 bits per heavy atom. The van der Waals surface area contributed by atoms with Gasteiger partial charge in [-0.1, -0.05) is 11.6 Å². The molecular weight excluding hydrogens is 478 g/mol. The Morgan fingerprint density at radius 2 is 1.88 bits per heavy atom. The lowest BCUT2D eigenvalue weighted by atomic mass is 10.2. The maximum atomic E-state index is 14.4. The van der Waals surface area contributed by atoms with Crippen LogP contribution in [-0.2, 0) is 15.7 Å². The predicted octanol–water partition coefficient (Wildman–Crippen LogP) is 3.20. The standard InChI is InChI=1S/C17H11ClF6N2O6/c1-31-7(2-14(28)29)6-32-11-4-10(9(19)3-8(11)18)25-13(27)5-12(17(22,23)24)26(15(20)21)16(25)30/h2-5,15H,6H2,1H3,(H,28,29). The second kappa shape index (κ2) is 9.38. The molecule has 1 aromatic carbocycles. The lowest BCUT2D eigenvalue weighted by Gasteiger charge is -2.17. The van der Waals surface area contributed by atoms with Crippen LogP contribution in [0.5, 0.6) is 5.75 Å². The van der Waals surface area contributed by atoms with Crippen molar-refractivity contribution in [2.45, 2.75) is 12.7 Å². The van der Waals surface area contributed by atoms with Crippen molar-refractivity contribution in [3.05, 3.63) is 67.4 Å². The van der Waals surface area contributed by atoms with E-state index in [2.05, 4.69) is 0 Å². The van der Waals surface area contributed by atoms with Gasteiger partial charge in [0.1, 0.15) is 29.6 Å². The minimum Gasteiger partial charge on any atom is -0.497 e. The second-order valence-electron chi connectivity index (χ2n) is 5.81. The van der Waals surface area contributed by atoms with Crippen LogP contribution in [0.4, 0.5) is 26.3 Å². The highest BCUT2D eigenvalue weighted by Gasteiger charge is 2.38. The van der Waals surface area contributed by atoms with Crippen LogP contribution in [0.1, 0.15) is 12.2 Å². The number of carbonyl (C=O) groups is 1. The third-order valence-corrected chi connectivity index (χ3v) is 4.08. The molecule has 0 aliphatic carbocycles. The highest BCUT2D eigenvalue weighted by molar-refractivity contribution is 6.32. The van der Waals surface area contributed by atoms with E-state index in [0.29, 0.717) is 18.2 Å². The Labute approximate surface area is 178 Å². The summed E-state index contributed by atoms with van der Waals surface area (Å²) in [6, 6.07) is 0.814. The number of alkyl halides is 5. The van der Waals surface area contributed by atoms with Gasteiger partial charge in [-0.05, 0) is 6.07 Å². The summed E-state index contributed by atoms with van der Waals surface area (Å²) in [6.07, 6.45) is -4.87. The molecule has 0 unspecified atom stereocenters. The van der Waals surface area contributed by atoms with Crippen LogP contribution < -0.4 is 16.0 Å². The number of hydrogen-bond acceptors (Lipinski definition) is 5. The number of aliphatic carboxylic acids is 1. The third-order valence-electron chi connectivity index (χ3n) is 3.78. The van der Waals surface area contributed by atoms with Gasteiger partial charge in [0, 0.05) is 12.1 Å². The number of ether oxygens (including phenoxy) is 2. The highest BCUT2D eigenvalue weighted by atomic mass is 35.5. The molecule has 0 aliphatic rings. The predicted molar refractivity (Wildman–Crippen MR) is 95.7 cm³/mol. The zero-order valence-corrected chi connectivity index (χ0v) is 16.4. The molecule has 174 valence electrons. The van der Waals surface area contributed by atoms with Crippen LogP contribution in [0.15, 0.2) is 39.6 Å². The zero-order valence-electron chi connectivity index (χ0n) is 15.6. The first-order chi connectivity index (χ1) is 14.8. The third kappa shape index (κ3) is 5.25. The van der Waals surface area contributed by atoms with Crippen molar-refractivity contribution in [2.24, 2.45) is 0 Å². The molecule has 1 aromatic heterocycles. The van der Waals surface area contributed by atoms with Crippen molar-refractivity contribution >= 4 is 17.6 Å². The molecule has 0 spiro atoms. The first-order valence-electron chi connectivity index (χ1n) is 8.11. The van der Waals surface area contributed by atoms with Gasteiger partial charge in [0.25, 0.3) is 5.56 Å². The maximum absolute atomic E-state index is 14.4. The van der Waals surface area contributed by atoms with Gasteiger partial charge in [0.15, 0.2) is 0 Å². The number of rotatable bonds is 7. The second-order valence-corrected chi connectivity index (χ2v) is 6.21. The molecule has 0 saturated heterocycles. The molecule has 0 radical (unpaired) electrons. The van der Waals surface area contributed by atoms with Crippen LogP contribution in [0.25, 0.3) is 5.69 Å². The molecule has 0 amide bonds. The summed E-state index contributed by atoms with van der Waals surface area (Å²) in [5.74, 6) is -3.53. The molecule has 15 heteroatoms. The van der Waals surface area contributed by atoms with Gasteiger partial charge in [0.05, 0.1) is 23.9 Å². The van der Waals surface area contributed by atoms with E-state index in [9.17, 15) is 40.7 Å². The zero-order chi connectivity index (χ0) is 24.4. The number of nitrogens with zero attached hydrogens (tertiary/aromatic N) is 2. The summed E-state index contributed by atoms with van der Waals surface area (Å²) in [5, 5.41) is 8.25. The summed E-state index contributed by atoms with van der Waals surface area (Å²) in [5.41, 5.74) is -7.19. The van der Waals surface area contributed by atoms with E-state index in [1.807, 2.05) is 0 Å². The SMILES string of the molecule is COC(=CC(=O)O)COc1cc(-n2c(=O)cc(C(F)(F)F)n(C(F)F)c2=O)c(F)cc1Cl. The molecule has 0 aliphatic heterocycles. The fourth-order valence-electron chi connectivity index (χ4n) is 2.43. The molecule has 32 heavy (non-hydrogen) atoms. The fraction of sp³-hybridized carbons (Fsp3) is 0.235. The summed E-state index contributed by atoms with van der Waals surface area (Å²) in [4.78, 5) is 35.1. The normalized spacial score (nSPS) is 12.2. The van der Waals surface area contributed by atoms with Crippen molar-refractivity contribution in [1.29, 1.82) is 0 Å². The van der Waals surface area contributed by atoms with Gasteiger partial charge in [-0.3, -0.25) is 4.79 Å². The van der Waals surface area contributed by atoms with E-state index in [0.717, 1.165) is 7.11 Å². The topological polar surface area (TPSA) is 99.8 Å². The molecule has 0 atom stereocenters. The lowest BCUT2D eigenvalue weighted by Crippen LogP contribution is -2.42. The Morgan fingerprint density at radius 1 is 1.25 bits per heavy atom. The molecule has 2 rings (SSSR count). The van der Waals surface area contributed by atoms with Crippen molar-refractivity contribution in [3.63, 3.8) is 0 Å². The van der Waals surface area contributed by atoms with Gasteiger partial charge in [-0.2, -0.15) is 22.0 Å². The number of methoxy groups -OCH3 is 1. The smallest absolute Gasteiger partial charge is 0.431 e. The maximum Gasteiger partial charge on any atom is 0.431 e. The van der Waals surface area contributed by atoms with E-state index in [4.69, 9.17) is 26.2 Å². The van der Waals surface area contributed by atoms with Crippen molar-refractivity contribution in [3.8, 4) is 11.4 Å². The lowest BCUT2D eigenvalue weighted by molar-refractivity contribution is -0.149. The molecule has 1 heterocycles. The summed E-state index contributed by atoms with van der Waals surface area (Å²) in [7, 11) is 1.10. The van der Waals surface area contributed by atoms with Gasteiger partial charge >= 0.3 is 24.4 Å². The van der Waals surface area contributed by atoms with Crippen molar-refractivity contribution in [2.75, 3.05) is 13.7 Å². The van der Waals surface area contributed by atoms with E-state index < -0.39 is 69.1 Å². The average Bonchev–Trinajstić information content (AvgIpc) is 2.65. The summed E-state index contributed by atoms with van der Waals surface area (Å²) >= 11 is 5.79. The van der Waals surface area contributed by atoms with Gasteiger partial charge in [-0.25, -0.2) is 23.1 Å². The molecule has 2 aromatic rings. The first-order valence-corrected chi connectivity index (χ1v) is 8.49. The van der Waals surface area contributed by atoms with Crippen molar-refractivity contribution in [1.82, 2.24) is 9.13 Å². The molecule has 1 N–H and O–H groups in total. The Balaban J connectivity index is 2.68. The van der Waals surface area contributed by atoms with Crippen LogP contribution in [-0.4, -0.2) is 33.9 Å². The van der Waals surface area contributed by atoms with Crippen LogP contribution >= 0.6 is 11.6 Å². The Bertz CT molecular complexity index is 1190. The fourth-order valence-corrected chi connectivity index (χ4v) is 2.64. The minimum atomic E-state index is -5.48. The summed E-state index contributed by atoms with van der Waals surface area (Å²) in [6.45, 7) is -4.60. The van der Waals surface area contributed by atoms with Crippen molar-refractivity contribution < 1.29 is 45.7 Å². The van der Waals surface area contributed by atoms with Gasteiger partial charge in [0.2, 0.25) is 0 Å². The number of carboxylic acid groups (broad SMARTS) is 1. The monoisotopic (exact) mass is 488 g/mol. The van der Waals surface area contributed by atoms with E-state index in [-0.39, 0.29) is 16.4 Å². The average molecular weight is 489 g/mol. The van der Waals surface area contributed by atoms with Gasteiger partial charge in [-0.15, -0.1) is 0 Å². The number of hydrogen-bond donors (Lipinski definition) is 1. The minimum absolute atomic E-state index is 0.244. The molecule has 0 bridgehead atoms. The van der Waals surface area contributed by atoms with Crippen LogP contribution in [0.2, 0.25) is 5.02 Å². The first kappa shape index (κ1) is 24.8. The largest absolute Gasteiger partial charge is 0.497 e. The molecule has 0 fully saturated rings. The molecular formula is C17H11ClF6N2O6. The summed E-state index contributed by atoms with van der Waals surface area (Å²) < 4.78 is 88.3. The Kier molecular flexibility index (Phi) is 7.28. The van der Waals surface area contributed by atoms with E-state index in [1.54, 1.807) is 0 Å². The van der Waals surface area contributed by atoms with E-state index in [1.165, 1.54) is 0 Å². The molecule has 8 nitrogen and oxygen atoms in total. The quantitative estimate of drug-likeness (QED) is 0.365.